The van der Waals surface area contributed by atoms with Crippen molar-refractivity contribution >= 4 is 39.3 Å². The van der Waals surface area contributed by atoms with E-state index in [0.29, 0.717) is 28.3 Å². The van der Waals surface area contributed by atoms with Crippen LogP contribution in [0, 0.1) is 6.92 Å². The topological polar surface area (TPSA) is 71.5 Å². The predicted molar refractivity (Wildman–Crippen MR) is 88.1 cm³/mol. The number of aryl methyl sites for hydroxylation is 1. The SMILES string of the molecule is COCCCNC(=O)CN(C)C(=O)c1cnc(C)c(Br)c1Cl. The van der Waals surface area contributed by atoms with Crippen molar-refractivity contribution in [2.24, 2.45) is 0 Å². The highest BCUT2D eigenvalue weighted by atomic mass is 79.9. The van der Waals surface area contributed by atoms with Crippen molar-refractivity contribution in [1.82, 2.24) is 15.2 Å². The summed E-state index contributed by atoms with van der Waals surface area (Å²) >= 11 is 9.43. The summed E-state index contributed by atoms with van der Waals surface area (Å²) in [6.45, 7) is 2.82. The number of ether oxygens (including phenoxy) is 1. The van der Waals surface area contributed by atoms with Gasteiger partial charge in [0, 0.05) is 33.5 Å². The second-order valence-corrected chi connectivity index (χ2v) is 5.91. The third kappa shape index (κ3) is 5.23. The second kappa shape index (κ2) is 9.07. The molecule has 1 N–H and O–H groups in total. The van der Waals surface area contributed by atoms with Gasteiger partial charge in [0.05, 0.1) is 27.3 Å². The summed E-state index contributed by atoms with van der Waals surface area (Å²) in [5.74, 6) is -0.590. The Morgan fingerprint density at radius 1 is 1.50 bits per heavy atom. The van der Waals surface area contributed by atoms with E-state index >= 15 is 0 Å². The van der Waals surface area contributed by atoms with E-state index in [0.717, 1.165) is 6.42 Å². The molecule has 2 amide bonds. The van der Waals surface area contributed by atoms with Crippen molar-refractivity contribution in [2.45, 2.75) is 13.3 Å². The van der Waals surface area contributed by atoms with E-state index in [-0.39, 0.29) is 23.9 Å². The minimum Gasteiger partial charge on any atom is -0.385 e. The van der Waals surface area contributed by atoms with Crippen LogP contribution >= 0.6 is 27.5 Å². The number of carbonyl (C=O) groups excluding carboxylic acids is 2. The molecule has 8 heteroatoms. The largest absolute Gasteiger partial charge is 0.385 e. The predicted octanol–water partition coefficient (Wildman–Crippen LogP) is 2.03. The summed E-state index contributed by atoms with van der Waals surface area (Å²) in [7, 11) is 3.15. The van der Waals surface area contributed by atoms with Gasteiger partial charge < -0.3 is 15.0 Å². The van der Waals surface area contributed by atoms with Crippen molar-refractivity contribution in [3.8, 4) is 0 Å². The van der Waals surface area contributed by atoms with Crippen LogP contribution in [0.3, 0.4) is 0 Å². The lowest BCUT2D eigenvalue weighted by Crippen LogP contribution is -2.39. The summed E-state index contributed by atoms with van der Waals surface area (Å²) in [4.78, 5) is 29.5. The summed E-state index contributed by atoms with van der Waals surface area (Å²) in [5.41, 5.74) is 0.953. The molecule has 0 radical (unpaired) electrons. The lowest BCUT2D eigenvalue weighted by atomic mass is 10.2. The zero-order valence-corrected chi connectivity index (χ0v) is 15.1. The molecule has 0 aliphatic heterocycles. The number of nitrogens with zero attached hydrogens (tertiary/aromatic N) is 2. The molecular weight excluding hydrogens is 374 g/mol. The molecule has 1 rings (SSSR count). The minimum absolute atomic E-state index is 0.0480. The van der Waals surface area contributed by atoms with Crippen molar-refractivity contribution in [2.75, 3.05) is 33.9 Å². The number of carbonyl (C=O) groups is 2. The van der Waals surface area contributed by atoms with Gasteiger partial charge >= 0.3 is 0 Å². The summed E-state index contributed by atoms with van der Waals surface area (Å²) < 4.78 is 5.47. The van der Waals surface area contributed by atoms with Crippen LogP contribution < -0.4 is 5.32 Å². The molecule has 0 spiro atoms. The van der Waals surface area contributed by atoms with Gasteiger partial charge in [-0.3, -0.25) is 14.6 Å². The molecule has 0 bridgehead atoms. The van der Waals surface area contributed by atoms with Gasteiger partial charge in [0.2, 0.25) is 5.91 Å². The normalized spacial score (nSPS) is 10.4. The standard InChI is InChI=1S/C14H19BrClN3O3/c1-9-12(15)13(16)10(7-18-9)14(21)19(2)8-11(20)17-5-4-6-22-3/h7H,4-6,8H2,1-3H3,(H,17,20). The highest BCUT2D eigenvalue weighted by Gasteiger charge is 2.20. The third-order valence-electron chi connectivity index (χ3n) is 2.94. The lowest BCUT2D eigenvalue weighted by molar-refractivity contribution is -0.121. The van der Waals surface area contributed by atoms with Gasteiger partial charge in [-0.1, -0.05) is 11.6 Å². The smallest absolute Gasteiger partial charge is 0.257 e. The number of rotatable bonds is 7. The maximum Gasteiger partial charge on any atom is 0.257 e. The van der Waals surface area contributed by atoms with Gasteiger partial charge in [0.1, 0.15) is 0 Å². The van der Waals surface area contributed by atoms with Crippen LogP contribution in [-0.2, 0) is 9.53 Å². The lowest BCUT2D eigenvalue weighted by Gasteiger charge is -2.18. The zero-order valence-electron chi connectivity index (χ0n) is 12.8. The van der Waals surface area contributed by atoms with E-state index in [1.54, 1.807) is 21.1 Å². The zero-order chi connectivity index (χ0) is 16.7. The fraction of sp³-hybridized carbons (Fsp3) is 0.500. The minimum atomic E-state index is -0.356. The first kappa shape index (κ1) is 18.9. The van der Waals surface area contributed by atoms with Crippen molar-refractivity contribution in [1.29, 1.82) is 0 Å². The number of methoxy groups -OCH3 is 1. The molecule has 0 saturated carbocycles. The molecule has 1 aromatic rings. The van der Waals surface area contributed by atoms with Crippen LogP contribution in [0.1, 0.15) is 22.5 Å². The molecule has 0 aliphatic carbocycles. The second-order valence-electron chi connectivity index (χ2n) is 4.74. The monoisotopic (exact) mass is 391 g/mol. The number of halogens is 2. The quantitative estimate of drug-likeness (QED) is 0.721. The molecule has 1 aromatic heterocycles. The maximum absolute atomic E-state index is 12.3. The first-order valence-electron chi connectivity index (χ1n) is 6.70. The Bertz CT molecular complexity index is 554. The number of pyridine rings is 1. The van der Waals surface area contributed by atoms with Crippen molar-refractivity contribution in [3.05, 3.63) is 26.9 Å². The molecule has 0 saturated heterocycles. The Morgan fingerprint density at radius 2 is 2.18 bits per heavy atom. The molecule has 0 fully saturated rings. The Morgan fingerprint density at radius 3 is 2.82 bits per heavy atom. The van der Waals surface area contributed by atoms with E-state index in [9.17, 15) is 9.59 Å². The molecule has 122 valence electrons. The average molecular weight is 393 g/mol. The van der Waals surface area contributed by atoms with Gasteiger partial charge in [-0.15, -0.1) is 0 Å². The molecule has 0 unspecified atom stereocenters. The summed E-state index contributed by atoms with van der Waals surface area (Å²) in [6, 6.07) is 0. The van der Waals surface area contributed by atoms with Gasteiger partial charge in [0.25, 0.3) is 5.91 Å². The maximum atomic E-state index is 12.3. The first-order valence-corrected chi connectivity index (χ1v) is 7.87. The van der Waals surface area contributed by atoms with E-state index < -0.39 is 0 Å². The van der Waals surface area contributed by atoms with E-state index in [2.05, 4.69) is 26.2 Å². The number of hydrogen-bond donors (Lipinski definition) is 1. The van der Waals surface area contributed by atoms with E-state index in [1.165, 1.54) is 11.1 Å². The molecule has 0 atom stereocenters. The summed E-state index contributed by atoms with van der Waals surface area (Å²) in [5, 5.41) is 3.02. The average Bonchev–Trinajstić information content (AvgIpc) is 2.48. The van der Waals surface area contributed by atoms with Gasteiger partial charge in [-0.2, -0.15) is 0 Å². The van der Waals surface area contributed by atoms with Crippen LogP contribution in [0.4, 0.5) is 0 Å². The number of amides is 2. The Labute approximate surface area is 143 Å². The Balaban J connectivity index is 2.62. The molecule has 1 heterocycles. The van der Waals surface area contributed by atoms with Crippen LogP contribution in [-0.4, -0.2) is 55.6 Å². The van der Waals surface area contributed by atoms with Gasteiger partial charge in [-0.25, -0.2) is 0 Å². The van der Waals surface area contributed by atoms with E-state index in [1.807, 2.05) is 0 Å². The fourth-order valence-electron chi connectivity index (χ4n) is 1.69. The fourth-order valence-corrected chi connectivity index (χ4v) is 2.28. The van der Waals surface area contributed by atoms with Gasteiger partial charge in [-0.05, 0) is 29.3 Å². The number of hydrogen-bond acceptors (Lipinski definition) is 4. The Hall–Kier alpha value is -1.18. The molecule has 22 heavy (non-hydrogen) atoms. The first-order chi connectivity index (χ1) is 10.4. The van der Waals surface area contributed by atoms with Crippen LogP contribution in [0.5, 0.6) is 0 Å². The van der Waals surface area contributed by atoms with Crippen molar-refractivity contribution < 1.29 is 14.3 Å². The molecular formula is C14H19BrClN3O3. The highest BCUT2D eigenvalue weighted by molar-refractivity contribution is 9.10. The van der Waals surface area contributed by atoms with E-state index in [4.69, 9.17) is 16.3 Å². The van der Waals surface area contributed by atoms with Crippen LogP contribution in [0.25, 0.3) is 0 Å². The third-order valence-corrected chi connectivity index (χ3v) is 4.53. The van der Waals surface area contributed by atoms with Gasteiger partial charge in [0.15, 0.2) is 0 Å². The number of aromatic nitrogens is 1. The molecule has 0 aromatic carbocycles. The Kier molecular flexibility index (Phi) is 7.78. The van der Waals surface area contributed by atoms with Crippen LogP contribution in [0.15, 0.2) is 10.7 Å². The van der Waals surface area contributed by atoms with Crippen molar-refractivity contribution in [3.63, 3.8) is 0 Å². The molecule has 0 aliphatic rings. The highest BCUT2D eigenvalue weighted by Crippen LogP contribution is 2.28. The number of likely N-dealkylation sites (N-methyl/N-ethyl adjacent to an activating group) is 1. The van der Waals surface area contributed by atoms with Crippen LogP contribution in [0.2, 0.25) is 5.02 Å². The number of nitrogens with one attached hydrogen (secondary N) is 1. The summed E-state index contributed by atoms with van der Waals surface area (Å²) in [6.07, 6.45) is 2.14. The molecule has 6 nitrogen and oxygen atoms in total.